The molecule has 5 rings (SSSR count). The highest BCUT2D eigenvalue weighted by Gasteiger charge is 2.25. The summed E-state index contributed by atoms with van der Waals surface area (Å²) in [6.07, 6.45) is 3.82. The molecule has 0 atom stereocenters. The van der Waals surface area contributed by atoms with Crippen molar-refractivity contribution in [2.24, 2.45) is 0 Å². The summed E-state index contributed by atoms with van der Waals surface area (Å²) in [7, 11) is 0. The number of aryl methyl sites for hydroxylation is 2. The molecule has 4 aromatic rings. The third kappa shape index (κ3) is 5.94. The molecule has 0 bridgehead atoms. The summed E-state index contributed by atoms with van der Waals surface area (Å²) >= 11 is 1.35. The van der Waals surface area contributed by atoms with Crippen LogP contribution in [0.15, 0.2) is 58.6 Å². The third-order valence-electron chi connectivity index (χ3n) is 6.07. The lowest BCUT2D eigenvalue weighted by atomic mass is 10.0. The van der Waals surface area contributed by atoms with Crippen LogP contribution in [0, 0.1) is 19.7 Å². The van der Waals surface area contributed by atoms with Crippen molar-refractivity contribution in [3.63, 3.8) is 0 Å². The number of fused-ring (bicyclic) bond motifs is 1. The van der Waals surface area contributed by atoms with Crippen LogP contribution < -0.4 is 10.6 Å². The van der Waals surface area contributed by atoms with E-state index < -0.39 is 5.60 Å². The zero-order valence-corrected chi connectivity index (χ0v) is 22.1. The van der Waals surface area contributed by atoms with Gasteiger partial charge in [0, 0.05) is 28.6 Å². The highest BCUT2D eigenvalue weighted by Crippen LogP contribution is 2.33. The molecule has 0 unspecified atom stereocenters. The Kier molecular flexibility index (Phi) is 6.68. The normalized spacial score (nSPS) is 13.7. The van der Waals surface area contributed by atoms with Crippen molar-refractivity contribution in [1.82, 2.24) is 19.9 Å². The number of carbonyl (C=O) groups excluding carboxylic acids is 1. The van der Waals surface area contributed by atoms with Gasteiger partial charge >= 0.3 is 0 Å². The molecule has 9 heteroatoms. The first-order chi connectivity index (χ1) is 17.6. The molecule has 7 nitrogen and oxygen atoms in total. The summed E-state index contributed by atoms with van der Waals surface area (Å²) < 4.78 is 15.8. The molecular formula is C28H30FN5O2S. The summed E-state index contributed by atoms with van der Waals surface area (Å²) in [5.41, 5.74) is 4.36. The molecule has 1 saturated carbocycles. The van der Waals surface area contributed by atoms with E-state index in [4.69, 9.17) is 5.10 Å². The molecule has 192 valence electrons. The van der Waals surface area contributed by atoms with Crippen molar-refractivity contribution in [3.8, 4) is 11.3 Å². The average Bonchev–Trinajstić information content (AvgIpc) is 3.51. The van der Waals surface area contributed by atoms with Gasteiger partial charge in [-0.1, -0.05) is 17.8 Å². The van der Waals surface area contributed by atoms with E-state index >= 15 is 0 Å². The van der Waals surface area contributed by atoms with Gasteiger partial charge in [0.15, 0.2) is 5.65 Å². The number of imidazole rings is 1. The number of aliphatic hydroxyl groups is 1. The van der Waals surface area contributed by atoms with Gasteiger partial charge in [0.2, 0.25) is 0 Å². The van der Waals surface area contributed by atoms with Crippen LogP contribution in [0.1, 0.15) is 48.2 Å². The van der Waals surface area contributed by atoms with Gasteiger partial charge in [-0.25, -0.2) is 13.9 Å². The first kappa shape index (κ1) is 25.2. The highest BCUT2D eigenvalue weighted by atomic mass is 32.2. The number of nitrogens with zero attached hydrogens (tertiary/aromatic N) is 3. The second-order valence-electron chi connectivity index (χ2n) is 10.3. The van der Waals surface area contributed by atoms with Crippen molar-refractivity contribution >= 4 is 29.0 Å². The van der Waals surface area contributed by atoms with Crippen LogP contribution in [-0.4, -0.2) is 43.8 Å². The number of halogens is 1. The Morgan fingerprint density at radius 3 is 2.65 bits per heavy atom. The standard InChI is InChI=1S/C28H30FN5O2S/c1-16-9-19(29)12-21(10-16)37-25-13-23(31-15-28(3,4)36)26-30-14-24(34(26)33-25)18-5-8-22(17(2)11-18)27(35)32-20-6-7-20/h5,8-14,20,31,36H,6-7,15H2,1-4H3,(H,32,35). The number of carbonyl (C=O) groups is 1. The maximum absolute atomic E-state index is 14.0. The van der Waals surface area contributed by atoms with Crippen LogP contribution in [-0.2, 0) is 0 Å². The van der Waals surface area contributed by atoms with Crippen molar-refractivity contribution in [3.05, 3.63) is 71.2 Å². The fraction of sp³-hybridized carbons (Fsp3) is 0.321. The molecule has 0 spiro atoms. The van der Waals surface area contributed by atoms with Gasteiger partial charge in [-0.3, -0.25) is 4.79 Å². The van der Waals surface area contributed by atoms with E-state index in [1.807, 2.05) is 44.2 Å². The maximum atomic E-state index is 14.0. The predicted molar refractivity (Wildman–Crippen MR) is 144 cm³/mol. The molecule has 2 aromatic carbocycles. The van der Waals surface area contributed by atoms with Crippen molar-refractivity contribution in [2.75, 3.05) is 11.9 Å². The van der Waals surface area contributed by atoms with Gasteiger partial charge in [0.05, 0.1) is 23.2 Å². The number of aromatic nitrogens is 3. The Morgan fingerprint density at radius 1 is 1.19 bits per heavy atom. The average molecular weight is 520 g/mol. The van der Waals surface area contributed by atoms with Crippen LogP contribution >= 0.6 is 11.8 Å². The summed E-state index contributed by atoms with van der Waals surface area (Å²) in [5, 5.41) is 22.1. The first-order valence-electron chi connectivity index (χ1n) is 12.3. The van der Waals surface area contributed by atoms with Gasteiger partial charge in [-0.15, -0.1) is 0 Å². The molecule has 0 saturated heterocycles. The van der Waals surface area contributed by atoms with Crippen LogP contribution in [0.3, 0.4) is 0 Å². The lowest BCUT2D eigenvalue weighted by Crippen LogP contribution is -2.29. The summed E-state index contributed by atoms with van der Waals surface area (Å²) in [4.78, 5) is 17.9. The molecule has 1 fully saturated rings. The number of amides is 1. The lowest BCUT2D eigenvalue weighted by Gasteiger charge is -2.19. The number of hydrogen-bond acceptors (Lipinski definition) is 6. The first-order valence-corrected chi connectivity index (χ1v) is 13.1. The topological polar surface area (TPSA) is 91.5 Å². The van der Waals surface area contributed by atoms with Crippen LogP contribution in [0.5, 0.6) is 0 Å². The minimum atomic E-state index is -0.934. The molecular weight excluding hydrogens is 489 g/mol. The zero-order chi connectivity index (χ0) is 26.3. The molecule has 3 N–H and O–H groups in total. The van der Waals surface area contributed by atoms with E-state index in [9.17, 15) is 14.3 Å². The molecule has 37 heavy (non-hydrogen) atoms. The molecule has 1 aliphatic carbocycles. The molecule has 2 aromatic heterocycles. The van der Waals surface area contributed by atoms with E-state index in [0.29, 0.717) is 34.5 Å². The van der Waals surface area contributed by atoms with E-state index in [2.05, 4.69) is 15.6 Å². The van der Waals surface area contributed by atoms with Crippen molar-refractivity contribution in [1.29, 1.82) is 0 Å². The van der Waals surface area contributed by atoms with Gasteiger partial charge in [-0.2, -0.15) is 5.10 Å². The van der Waals surface area contributed by atoms with Gasteiger partial charge in [0.1, 0.15) is 10.8 Å². The van der Waals surface area contributed by atoms with Gasteiger partial charge in [0.25, 0.3) is 5.91 Å². The Balaban J connectivity index is 1.54. The van der Waals surface area contributed by atoms with E-state index in [0.717, 1.165) is 40.1 Å². The molecule has 1 amide bonds. The fourth-order valence-corrected chi connectivity index (χ4v) is 5.04. The quantitative estimate of drug-likeness (QED) is 0.290. The third-order valence-corrected chi connectivity index (χ3v) is 6.95. The molecule has 0 radical (unpaired) electrons. The van der Waals surface area contributed by atoms with Crippen LogP contribution in [0.4, 0.5) is 10.1 Å². The Hall–Kier alpha value is -3.43. The number of anilines is 1. The zero-order valence-electron chi connectivity index (χ0n) is 21.3. The van der Waals surface area contributed by atoms with E-state index in [1.54, 1.807) is 24.6 Å². The lowest BCUT2D eigenvalue weighted by molar-refractivity contribution is 0.0940. The molecule has 0 aliphatic heterocycles. The van der Waals surface area contributed by atoms with Crippen LogP contribution in [0.25, 0.3) is 16.9 Å². The largest absolute Gasteiger partial charge is 0.389 e. The van der Waals surface area contributed by atoms with E-state index in [1.165, 1.54) is 23.9 Å². The Bertz CT molecular complexity index is 1470. The second-order valence-corrected chi connectivity index (χ2v) is 11.4. The molecule has 2 heterocycles. The van der Waals surface area contributed by atoms with Crippen molar-refractivity contribution in [2.45, 2.75) is 62.1 Å². The monoisotopic (exact) mass is 519 g/mol. The number of rotatable bonds is 8. The maximum Gasteiger partial charge on any atom is 0.251 e. The fourth-order valence-electron chi connectivity index (χ4n) is 4.09. The number of hydrogen-bond donors (Lipinski definition) is 3. The summed E-state index contributed by atoms with van der Waals surface area (Å²) in [5.74, 6) is -0.349. The number of nitrogens with one attached hydrogen (secondary N) is 2. The number of benzene rings is 2. The Labute approximate surface area is 219 Å². The predicted octanol–water partition coefficient (Wildman–Crippen LogP) is 5.38. The summed E-state index contributed by atoms with van der Waals surface area (Å²) in [6, 6.07) is 12.7. The van der Waals surface area contributed by atoms with E-state index in [-0.39, 0.29) is 11.7 Å². The van der Waals surface area contributed by atoms with Gasteiger partial charge < -0.3 is 15.7 Å². The van der Waals surface area contributed by atoms with Gasteiger partial charge in [-0.05, 0) is 88.1 Å². The second kappa shape index (κ2) is 9.79. The highest BCUT2D eigenvalue weighted by molar-refractivity contribution is 7.99. The van der Waals surface area contributed by atoms with Crippen molar-refractivity contribution < 1.29 is 14.3 Å². The molecule has 1 aliphatic rings. The Morgan fingerprint density at radius 2 is 1.97 bits per heavy atom. The SMILES string of the molecule is Cc1cc(F)cc(Sc2cc(NCC(C)(C)O)c3ncc(-c4ccc(C(=O)NC5CC5)c(C)c4)n3n2)c1. The summed E-state index contributed by atoms with van der Waals surface area (Å²) in [6.45, 7) is 7.54. The van der Waals surface area contributed by atoms with Crippen LogP contribution in [0.2, 0.25) is 0 Å². The minimum absolute atomic E-state index is 0.0509. The smallest absolute Gasteiger partial charge is 0.251 e. The minimum Gasteiger partial charge on any atom is -0.389 e.